The Morgan fingerprint density at radius 2 is 2.19 bits per heavy atom. The summed E-state index contributed by atoms with van der Waals surface area (Å²) in [6, 6.07) is 0. The standard InChI is InChI=1S/C14H15NOS.C2H4O2/c1-11-15-14(10-17-11)8-7-12-5-3-4-6-13(12)9-16-2;1-2(3)4/h3-5,7-10H,6H2,1-2H3;1H3,(H,3,4)/b8-7?,13-9+;. The molecule has 2 rings (SSSR count). The Bertz CT molecular complexity index is 590. The van der Waals surface area contributed by atoms with Gasteiger partial charge in [-0.3, -0.25) is 4.79 Å². The van der Waals surface area contributed by atoms with Gasteiger partial charge in [0.15, 0.2) is 0 Å². The van der Waals surface area contributed by atoms with Crippen LogP contribution in [-0.2, 0) is 9.53 Å². The minimum atomic E-state index is -0.833. The number of nitrogens with zero attached hydrogens (tertiary/aromatic N) is 1. The molecular weight excluding hydrogens is 286 g/mol. The third-order valence-corrected chi connectivity index (χ3v) is 3.24. The maximum absolute atomic E-state index is 9.00. The van der Waals surface area contributed by atoms with Crippen LogP contribution in [0.2, 0.25) is 0 Å². The maximum atomic E-state index is 9.00. The number of aromatic nitrogens is 1. The van der Waals surface area contributed by atoms with Gasteiger partial charge in [0.25, 0.3) is 5.97 Å². The van der Waals surface area contributed by atoms with Crippen LogP contribution >= 0.6 is 11.3 Å². The number of rotatable bonds is 3. The molecule has 112 valence electrons. The number of ether oxygens (including phenoxy) is 1. The van der Waals surface area contributed by atoms with E-state index in [9.17, 15) is 0 Å². The molecule has 1 aliphatic rings. The van der Waals surface area contributed by atoms with Gasteiger partial charge >= 0.3 is 0 Å². The van der Waals surface area contributed by atoms with Crippen molar-refractivity contribution in [3.8, 4) is 0 Å². The van der Waals surface area contributed by atoms with Crippen LogP contribution in [0.4, 0.5) is 0 Å². The van der Waals surface area contributed by atoms with Gasteiger partial charge in [-0.15, -0.1) is 11.3 Å². The monoisotopic (exact) mass is 305 g/mol. The number of allylic oxidation sites excluding steroid dienone is 6. The quantitative estimate of drug-likeness (QED) is 0.858. The Morgan fingerprint density at radius 3 is 2.76 bits per heavy atom. The molecule has 0 atom stereocenters. The lowest BCUT2D eigenvalue weighted by molar-refractivity contribution is -0.134. The minimum absolute atomic E-state index is 0.833. The van der Waals surface area contributed by atoms with E-state index in [0.717, 1.165) is 24.0 Å². The van der Waals surface area contributed by atoms with Crippen LogP contribution in [0.1, 0.15) is 24.0 Å². The summed E-state index contributed by atoms with van der Waals surface area (Å²) < 4.78 is 5.08. The van der Waals surface area contributed by atoms with E-state index in [2.05, 4.69) is 34.7 Å². The Hall–Kier alpha value is -2.14. The molecule has 0 radical (unpaired) electrons. The number of carbonyl (C=O) groups is 1. The average molecular weight is 305 g/mol. The molecule has 0 saturated heterocycles. The van der Waals surface area contributed by atoms with Gasteiger partial charge in [-0.2, -0.15) is 0 Å². The highest BCUT2D eigenvalue weighted by Crippen LogP contribution is 2.22. The van der Waals surface area contributed by atoms with Gasteiger partial charge in [0, 0.05) is 12.3 Å². The fourth-order valence-electron chi connectivity index (χ4n) is 1.64. The number of hydrogen-bond donors (Lipinski definition) is 1. The van der Waals surface area contributed by atoms with Crippen LogP contribution in [0, 0.1) is 6.92 Å². The third-order valence-electron chi connectivity index (χ3n) is 2.45. The SMILES string of the molecule is CC(=O)O.CO/C=C1\CC=CC=C1C=Cc1csc(C)n1. The highest BCUT2D eigenvalue weighted by atomic mass is 32.1. The van der Waals surface area contributed by atoms with Gasteiger partial charge in [0.2, 0.25) is 0 Å². The molecule has 4 nitrogen and oxygen atoms in total. The highest BCUT2D eigenvalue weighted by molar-refractivity contribution is 7.09. The van der Waals surface area contributed by atoms with Crippen molar-refractivity contribution in [1.82, 2.24) is 4.98 Å². The van der Waals surface area contributed by atoms with E-state index in [-0.39, 0.29) is 0 Å². The summed E-state index contributed by atoms with van der Waals surface area (Å²) in [6.07, 6.45) is 13.1. The molecule has 1 aromatic rings. The molecule has 0 spiro atoms. The van der Waals surface area contributed by atoms with E-state index < -0.39 is 5.97 Å². The molecule has 1 N–H and O–H groups in total. The smallest absolute Gasteiger partial charge is 0.300 e. The first-order valence-electron chi connectivity index (χ1n) is 6.41. The molecule has 1 aliphatic carbocycles. The lowest BCUT2D eigenvalue weighted by Gasteiger charge is -2.08. The molecule has 0 aliphatic heterocycles. The molecule has 0 fully saturated rings. The van der Waals surface area contributed by atoms with Crippen molar-refractivity contribution in [2.45, 2.75) is 20.3 Å². The summed E-state index contributed by atoms with van der Waals surface area (Å²) in [7, 11) is 1.68. The highest BCUT2D eigenvalue weighted by Gasteiger charge is 2.04. The van der Waals surface area contributed by atoms with E-state index in [1.165, 1.54) is 11.1 Å². The Labute approximate surface area is 128 Å². The number of methoxy groups -OCH3 is 1. The van der Waals surface area contributed by atoms with E-state index in [1.54, 1.807) is 24.7 Å². The second-order valence-corrected chi connectivity index (χ2v) is 5.34. The van der Waals surface area contributed by atoms with Gasteiger partial charge in [-0.1, -0.05) is 24.3 Å². The predicted molar refractivity (Wildman–Crippen MR) is 86.1 cm³/mol. The van der Waals surface area contributed by atoms with Crippen molar-refractivity contribution in [1.29, 1.82) is 0 Å². The van der Waals surface area contributed by atoms with Crippen LogP contribution < -0.4 is 0 Å². The maximum Gasteiger partial charge on any atom is 0.300 e. The Kier molecular flexibility index (Phi) is 7.18. The summed E-state index contributed by atoms with van der Waals surface area (Å²) in [5, 5.41) is 10.6. The fourth-order valence-corrected chi connectivity index (χ4v) is 2.23. The molecular formula is C16H19NO3S. The summed E-state index contributed by atoms with van der Waals surface area (Å²) in [6.45, 7) is 3.10. The molecule has 1 aromatic heterocycles. The number of thiazole rings is 1. The van der Waals surface area contributed by atoms with Crippen LogP contribution in [-0.4, -0.2) is 23.2 Å². The first kappa shape index (κ1) is 16.9. The molecule has 0 aromatic carbocycles. The summed E-state index contributed by atoms with van der Waals surface area (Å²) in [5.41, 5.74) is 3.39. The van der Waals surface area contributed by atoms with Gasteiger partial charge in [0.05, 0.1) is 24.1 Å². The van der Waals surface area contributed by atoms with Crippen molar-refractivity contribution >= 4 is 23.4 Å². The number of aryl methyl sites for hydroxylation is 1. The molecule has 0 unspecified atom stereocenters. The summed E-state index contributed by atoms with van der Waals surface area (Å²) in [5.74, 6) is -0.833. The van der Waals surface area contributed by atoms with Crippen molar-refractivity contribution in [3.05, 3.63) is 57.8 Å². The second-order valence-electron chi connectivity index (χ2n) is 4.28. The molecule has 0 bridgehead atoms. The normalized spacial score (nSPS) is 15.6. The zero-order valence-electron chi connectivity index (χ0n) is 12.4. The van der Waals surface area contributed by atoms with Gasteiger partial charge in [-0.05, 0) is 30.6 Å². The van der Waals surface area contributed by atoms with Gasteiger partial charge < -0.3 is 9.84 Å². The predicted octanol–water partition coefficient (Wildman–Crippen LogP) is 3.97. The van der Waals surface area contributed by atoms with Crippen molar-refractivity contribution < 1.29 is 14.6 Å². The van der Waals surface area contributed by atoms with Crippen LogP contribution in [0.25, 0.3) is 6.08 Å². The lowest BCUT2D eigenvalue weighted by atomic mass is 9.99. The first-order chi connectivity index (χ1) is 10.0. The molecule has 0 saturated carbocycles. The zero-order chi connectivity index (χ0) is 15.7. The van der Waals surface area contributed by atoms with E-state index in [4.69, 9.17) is 14.6 Å². The van der Waals surface area contributed by atoms with Gasteiger partial charge in [0.1, 0.15) is 0 Å². The van der Waals surface area contributed by atoms with Crippen molar-refractivity contribution in [2.24, 2.45) is 0 Å². The van der Waals surface area contributed by atoms with Crippen LogP contribution in [0.3, 0.4) is 0 Å². The van der Waals surface area contributed by atoms with E-state index in [1.807, 2.05) is 13.0 Å². The summed E-state index contributed by atoms with van der Waals surface area (Å²) >= 11 is 1.67. The summed E-state index contributed by atoms with van der Waals surface area (Å²) in [4.78, 5) is 13.4. The van der Waals surface area contributed by atoms with E-state index in [0.29, 0.717) is 0 Å². The second kappa shape index (κ2) is 8.92. The van der Waals surface area contributed by atoms with Crippen molar-refractivity contribution in [3.63, 3.8) is 0 Å². The lowest BCUT2D eigenvalue weighted by Crippen LogP contribution is -1.91. The largest absolute Gasteiger partial charge is 0.504 e. The molecule has 5 heteroatoms. The first-order valence-corrected chi connectivity index (χ1v) is 7.29. The van der Waals surface area contributed by atoms with Crippen molar-refractivity contribution in [2.75, 3.05) is 7.11 Å². The minimum Gasteiger partial charge on any atom is -0.504 e. The van der Waals surface area contributed by atoms with Gasteiger partial charge in [-0.25, -0.2) is 4.98 Å². The molecule has 0 amide bonds. The van der Waals surface area contributed by atoms with E-state index >= 15 is 0 Å². The van der Waals surface area contributed by atoms with Crippen LogP contribution in [0.15, 0.2) is 47.1 Å². The fraction of sp³-hybridized carbons (Fsp3) is 0.250. The molecule has 21 heavy (non-hydrogen) atoms. The third kappa shape index (κ3) is 6.72. The Morgan fingerprint density at radius 1 is 1.48 bits per heavy atom. The topological polar surface area (TPSA) is 59.4 Å². The number of aliphatic carboxylic acids is 1. The number of hydrogen-bond acceptors (Lipinski definition) is 4. The number of carboxylic acids is 1. The number of carboxylic acid groups (broad SMARTS) is 1. The average Bonchev–Trinajstić information content (AvgIpc) is 2.83. The molecule has 1 heterocycles. The zero-order valence-corrected chi connectivity index (χ0v) is 13.2. The Balaban J connectivity index is 0.000000491. The van der Waals surface area contributed by atoms with Crippen LogP contribution in [0.5, 0.6) is 0 Å².